The number of rotatable bonds is 7. The Bertz CT molecular complexity index is 784. The van der Waals surface area contributed by atoms with E-state index in [1.54, 1.807) is 12.1 Å². The lowest BCUT2D eigenvalue weighted by molar-refractivity contribution is -0.384. The first kappa shape index (κ1) is 19.0. The Labute approximate surface area is 157 Å². The molecular formula is C21H23FN2O3. The lowest BCUT2D eigenvalue weighted by Crippen LogP contribution is -2.33. The second-order valence-corrected chi connectivity index (χ2v) is 7.09. The number of Topliss-reactive ketones (excluding diaryl/α,β-unsaturated/α-hetero) is 1. The van der Waals surface area contributed by atoms with Crippen LogP contribution in [0.25, 0.3) is 0 Å². The summed E-state index contributed by atoms with van der Waals surface area (Å²) in [5.41, 5.74) is 1.31. The standard InChI is InChI=1S/C21H23FN2O3/c22-17-8-6-16(7-9-17)21(25)14-20(15-4-2-1-3-5-15)23-18-10-12-19(13-11-18)24(26)27/h6-13,15,20,23H,1-5,14H2. The number of hydrogen-bond donors (Lipinski definition) is 1. The van der Waals surface area contributed by atoms with Gasteiger partial charge in [-0.1, -0.05) is 19.3 Å². The summed E-state index contributed by atoms with van der Waals surface area (Å²) in [6.45, 7) is 0. The van der Waals surface area contributed by atoms with Gasteiger partial charge in [-0.2, -0.15) is 0 Å². The summed E-state index contributed by atoms with van der Waals surface area (Å²) < 4.78 is 13.1. The fourth-order valence-corrected chi connectivity index (χ4v) is 3.72. The molecule has 0 amide bonds. The fourth-order valence-electron chi connectivity index (χ4n) is 3.72. The number of ketones is 1. The van der Waals surface area contributed by atoms with Crippen LogP contribution in [0, 0.1) is 21.8 Å². The Morgan fingerprint density at radius 3 is 2.30 bits per heavy atom. The van der Waals surface area contributed by atoms with Gasteiger partial charge in [-0.3, -0.25) is 14.9 Å². The normalized spacial score (nSPS) is 15.9. The average Bonchev–Trinajstić information content (AvgIpc) is 2.69. The topological polar surface area (TPSA) is 72.2 Å². The van der Waals surface area contributed by atoms with Crippen LogP contribution < -0.4 is 5.32 Å². The van der Waals surface area contributed by atoms with E-state index in [0.29, 0.717) is 17.9 Å². The molecule has 2 aromatic rings. The second kappa shape index (κ2) is 8.75. The molecule has 0 aliphatic heterocycles. The molecule has 0 bridgehead atoms. The smallest absolute Gasteiger partial charge is 0.269 e. The van der Waals surface area contributed by atoms with Crippen molar-refractivity contribution in [3.8, 4) is 0 Å². The van der Waals surface area contributed by atoms with Crippen molar-refractivity contribution in [3.63, 3.8) is 0 Å². The van der Waals surface area contributed by atoms with Gasteiger partial charge in [0.15, 0.2) is 5.78 Å². The van der Waals surface area contributed by atoms with Crippen LogP contribution in [0.2, 0.25) is 0 Å². The summed E-state index contributed by atoms with van der Waals surface area (Å²) in [6.07, 6.45) is 5.93. The minimum atomic E-state index is -0.430. The first-order chi connectivity index (χ1) is 13.0. The molecule has 142 valence electrons. The highest BCUT2D eigenvalue weighted by molar-refractivity contribution is 5.96. The molecule has 0 spiro atoms. The predicted molar refractivity (Wildman–Crippen MR) is 102 cm³/mol. The van der Waals surface area contributed by atoms with Crippen molar-refractivity contribution in [2.75, 3.05) is 5.32 Å². The molecule has 0 saturated heterocycles. The van der Waals surface area contributed by atoms with Crippen molar-refractivity contribution in [2.24, 2.45) is 5.92 Å². The fraction of sp³-hybridized carbons (Fsp3) is 0.381. The van der Waals surface area contributed by atoms with E-state index in [1.165, 1.54) is 42.8 Å². The third kappa shape index (κ3) is 5.12. The van der Waals surface area contributed by atoms with Crippen LogP contribution in [0.15, 0.2) is 48.5 Å². The summed E-state index contributed by atoms with van der Waals surface area (Å²) >= 11 is 0. The SMILES string of the molecule is O=C(CC(Nc1ccc([N+](=O)[O-])cc1)C1CCCCC1)c1ccc(F)cc1. The van der Waals surface area contributed by atoms with Gasteiger partial charge in [-0.05, 0) is 55.2 Å². The molecule has 0 heterocycles. The van der Waals surface area contributed by atoms with E-state index in [0.717, 1.165) is 31.4 Å². The Kier molecular flexibility index (Phi) is 6.16. The molecule has 1 N–H and O–H groups in total. The maximum atomic E-state index is 13.1. The summed E-state index contributed by atoms with van der Waals surface area (Å²) in [5, 5.41) is 14.2. The van der Waals surface area contributed by atoms with Crippen molar-refractivity contribution < 1.29 is 14.1 Å². The predicted octanol–water partition coefficient (Wildman–Crippen LogP) is 5.37. The highest BCUT2D eigenvalue weighted by Gasteiger charge is 2.26. The molecule has 3 rings (SSSR count). The molecule has 27 heavy (non-hydrogen) atoms. The van der Waals surface area contributed by atoms with Crippen molar-refractivity contribution >= 4 is 17.2 Å². The number of benzene rings is 2. The number of carbonyl (C=O) groups is 1. The van der Waals surface area contributed by atoms with Gasteiger partial charge in [-0.25, -0.2) is 4.39 Å². The zero-order valence-corrected chi connectivity index (χ0v) is 15.1. The largest absolute Gasteiger partial charge is 0.382 e. The molecule has 1 aliphatic carbocycles. The lowest BCUT2D eigenvalue weighted by Gasteiger charge is -2.31. The number of anilines is 1. The van der Waals surface area contributed by atoms with Gasteiger partial charge in [0.2, 0.25) is 0 Å². The minimum Gasteiger partial charge on any atom is -0.382 e. The number of carbonyl (C=O) groups excluding carboxylic acids is 1. The quantitative estimate of drug-likeness (QED) is 0.404. The van der Waals surface area contributed by atoms with Gasteiger partial charge in [0.25, 0.3) is 5.69 Å². The first-order valence-corrected chi connectivity index (χ1v) is 9.32. The van der Waals surface area contributed by atoms with Gasteiger partial charge >= 0.3 is 0 Å². The number of halogens is 1. The third-order valence-electron chi connectivity index (χ3n) is 5.22. The number of non-ortho nitro benzene ring substituents is 1. The van der Waals surface area contributed by atoms with Gasteiger partial charge in [0, 0.05) is 35.8 Å². The van der Waals surface area contributed by atoms with Crippen LogP contribution in [0.1, 0.15) is 48.9 Å². The molecule has 2 aromatic carbocycles. The van der Waals surface area contributed by atoms with Crippen LogP contribution in [0.5, 0.6) is 0 Å². The Morgan fingerprint density at radius 2 is 1.70 bits per heavy atom. The Balaban J connectivity index is 1.74. The molecule has 1 aliphatic rings. The van der Waals surface area contributed by atoms with E-state index >= 15 is 0 Å². The van der Waals surface area contributed by atoms with Crippen LogP contribution in [-0.2, 0) is 0 Å². The first-order valence-electron chi connectivity index (χ1n) is 9.32. The van der Waals surface area contributed by atoms with Crippen molar-refractivity contribution in [1.82, 2.24) is 0 Å². The molecule has 1 fully saturated rings. The van der Waals surface area contributed by atoms with E-state index in [4.69, 9.17) is 0 Å². The molecule has 1 unspecified atom stereocenters. The summed E-state index contributed by atoms with van der Waals surface area (Å²) in [6, 6.07) is 11.9. The van der Waals surface area contributed by atoms with Crippen molar-refractivity contribution in [1.29, 1.82) is 0 Å². The summed E-state index contributed by atoms with van der Waals surface area (Å²) in [7, 11) is 0. The lowest BCUT2D eigenvalue weighted by atomic mass is 9.81. The van der Waals surface area contributed by atoms with Crippen LogP contribution in [0.3, 0.4) is 0 Å². The molecule has 6 heteroatoms. The molecule has 5 nitrogen and oxygen atoms in total. The zero-order valence-electron chi connectivity index (χ0n) is 15.1. The number of nitrogens with one attached hydrogen (secondary N) is 1. The molecule has 0 radical (unpaired) electrons. The molecular weight excluding hydrogens is 347 g/mol. The zero-order chi connectivity index (χ0) is 19.2. The average molecular weight is 370 g/mol. The summed E-state index contributed by atoms with van der Waals surface area (Å²) in [4.78, 5) is 23.1. The maximum absolute atomic E-state index is 13.1. The van der Waals surface area contributed by atoms with Gasteiger partial charge in [-0.15, -0.1) is 0 Å². The highest BCUT2D eigenvalue weighted by atomic mass is 19.1. The summed E-state index contributed by atoms with van der Waals surface area (Å²) in [5.74, 6) is -0.0160. The second-order valence-electron chi connectivity index (χ2n) is 7.09. The van der Waals surface area contributed by atoms with Crippen molar-refractivity contribution in [2.45, 2.75) is 44.6 Å². The van der Waals surface area contributed by atoms with E-state index in [2.05, 4.69) is 5.32 Å². The third-order valence-corrected chi connectivity index (χ3v) is 5.22. The van der Waals surface area contributed by atoms with Gasteiger partial charge < -0.3 is 5.32 Å². The monoisotopic (exact) mass is 370 g/mol. The number of hydrogen-bond acceptors (Lipinski definition) is 4. The highest BCUT2D eigenvalue weighted by Crippen LogP contribution is 2.31. The molecule has 1 saturated carbocycles. The van der Waals surface area contributed by atoms with E-state index in [1.807, 2.05) is 0 Å². The Morgan fingerprint density at radius 1 is 1.07 bits per heavy atom. The van der Waals surface area contributed by atoms with Crippen molar-refractivity contribution in [3.05, 3.63) is 70.0 Å². The van der Waals surface area contributed by atoms with Crippen LogP contribution in [-0.4, -0.2) is 16.7 Å². The number of nitrogens with zero attached hydrogens (tertiary/aromatic N) is 1. The van der Waals surface area contributed by atoms with E-state index < -0.39 is 4.92 Å². The molecule has 0 aromatic heterocycles. The van der Waals surface area contributed by atoms with Gasteiger partial charge in [0.05, 0.1) is 4.92 Å². The minimum absolute atomic E-state index is 0.0278. The maximum Gasteiger partial charge on any atom is 0.269 e. The van der Waals surface area contributed by atoms with Gasteiger partial charge in [0.1, 0.15) is 5.82 Å². The van der Waals surface area contributed by atoms with E-state index in [9.17, 15) is 19.3 Å². The van der Waals surface area contributed by atoms with Crippen LogP contribution in [0.4, 0.5) is 15.8 Å². The number of nitro groups is 1. The van der Waals surface area contributed by atoms with E-state index in [-0.39, 0.29) is 23.3 Å². The Hall–Kier alpha value is -2.76. The molecule has 1 atom stereocenters. The van der Waals surface area contributed by atoms with Crippen LogP contribution >= 0.6 is 0 Å². The number of nitro benzene ring substituents is 1.